The van der Waals surface area contributed by atoms with Crippen molar-refractivity contribution >= 4 is 5.91 Å². The van der Waals surface area contributed by atoms with Crippen molar-refractivity contribution in [3.05, 3.63) is 29.1 Å². The molecule has 1 saturated carbocycles. The Bertz CT molecular complexity index is 721. The van der Waals surface area contributed by atoms with Crippen molar-refractivity contribution in [1.29, 1.82) is 0 Å². The third-order valence-corrected chi connectivity index (χ3v) is 6.71. The highest BCUT2D eigenvalue weighted by molar-refractivity contribution is 5.92. The number of carbonyl (C=O) groups is 1. The molecule has 6 nitrogen and oxygen atoms in total. The zero-order valence-electron chi connectivity index (χ0n) is 15.9. The van der Waals surface area contributed by atoms with E-state index < -0.39 is 0 Å². The van der Waals surface area contributed by atoms with E-state index in [1.54, 1.807) is 5.57 Å². The van der Waals surface area contributed by atoms with Crippen LogP contribution in [0.5, 0.6) is 0 Å². The van der Waals surface area contributed by atoms with E-state index in [4.69, 9.17) is 5.11 Å². The fraction of sp³-hybridized carbons (Fsp3) is 0.700. The lowest BCUT2D eigenvalue weighted by atomic mass is 9.49. The summed E-state index contributed by atoms with van der Waals surface area (Å²) in [7, 11) is 0. The van der Waals surface area contributed by atoms with Crippen molar-refractivity contribution in [2.45, 2.75) is 46.2 Å². The van der Waals surface area contributed by atoms with Crippen LogP contribution in [0, 0.1) is 17.3 Å². The Hall–Kier alpha value is -1.66. The summed E-state index contributed by atoms with van der Waals surface area (Å²) in [5, 5.41) is 16.0. The smallest absolute Gasteiger partial charge is 0.271 e. The first kappa shape index (κ1) is 17.7. The normalized spacial score (nSPS) is 27.1. The number of aromatic nitrogens is 2. The third-order valence-electron chi connectivity index (χ3n) is 6.71. The second-order valence-electron chi connectivity index (χ2n) is 8.61. The highest BCUT2D eigenvalue weighted by Gasteiger charge is 2.51. The lowest BCUT2D eigenvalue weighted by molar-refractivity contribution is -0.0108. The first-order valence-electron chi connectivity index (χ1n) is 9.86. The number of allylic oxidation sites excluding steroid dienone is 1. The molecule has 0 radical (unpaired) electrons. The Morgan fingerprint density at radius 1 is 1.42 bits per heavy atom. The van der Waals surface area contributed by atoms with Gasteiger partial charge in [-0.15, -0.1) is 0 Å². The second kappa shape index (κ2) is 6.82. The lowest BCUT2D eigenvalue weighted by Gasteiger charge is -2.57. The zero-order chi connectivity index (χ0) is 18.3. The minimum Gasteiger partial charge on any atom is -0.395 e. The molecule has 6 heteroatoms. The molecule has 1 amide bonds. The maximum absolute atomic E-state index is 12.1. The molecule has 1 aromatic rings. The summed E-state index contributed by atoms with van der Waals surface area (Å²) in [6.07, 6.45) is 6.13. The van der Waals surface area contributed by atoms with E-state index in [-0.39, 0.29) is 19.1 Å². The van der Waals surface area contributed by atoms with E-state index in [9.17, 15) is 4.79 Å². The van der Waals surface area contributed by atoms with Crippen molar-refractivity contribution in [2.24, 2.45) is 17.3 Å². The van der Waals surface area contributed by atoms with Gasteiger partial charge in [0.15, 0.2) is 0 Å². The first-order chi connectivity index (χ1) is 12.5. The summed E-state index contributed by atoms with van der Waals surface area (Å²) in [5.41, 5.74) is 3.65. The molecule has 1 aromatic heterocycles. The Morgan fingerprint density at radius 2 is 2.27 bits per heavy atom. The summed E-state index contributed by atoms with van der Waals surface area (Å²) >= 11 is 0. The van der Waals surface area contributed by atoms with Gasteiger partial charge < -0.3 is 10.4 Å². The minimum atomic E-state index is -0.205. The van der Waals surface area contributed by atoms with Crippen molar-refractivity contribution in [3.63, 3.8) is 0 Å². The van der Waals surface area contributed by atoms with Crippen LogP contribution in [0.2, 0.25) is 0 Å². The number of fused-ring (bicyclic) bond motifs is 2. The van der Waals surface area contributed by atoms with Crippen LogP contribution in [-0.4, -0.2) is 51.9 Å². The number of amides is 1. The van der Waals surface area contributed by atoms with Gasteiger partial charge in [0.25, 0.3) is 5.91 Å². The first-order valence-corrected chi connectivity index (χ1v) is 9.86. The monoisotopic (exact) mass is 358 g/mol. The molecule has 2 atom stereocenters. The molecule has 2 N–H and O–H groups in total. The maximum Gasteiger partial charge on any atom is 0.271 e. The molecule has 4 aliphatic rings. The number of hydrogen-bond donors (Lipinski definition) is 2. The average Bonchev–Trinajstić information content (AvgIpc) is 2.93. The van der Waals surface area contributed by atoms with E-state index in [2.05, 4.69) is 35.2 Å². The molecule has 0 unspecified atom stereocenters. The Morgan fingerprint density at radius 3 is 3.00 bits per heavy atom. The van der Waals surface area contributed by atoms with Crippen molar-refractivity contribution in [3.8, 4) is 0 Å². The molecular weight excluding hydrogens is 328 g/mol. The van der Waals surface area contributed by atoms with E-state index in [1.165, 1.54) is 12.8 Å². The lowest BCUT2D eigenvalue weighted by Crippen LogP contribution is -2.49. The van der Waals surface area contributed by atoms with Gasteiger partial charge in [-0.3, -0.25) is 14.4 Å². The van der Waals surface area contributed by atoms with Gasteiger partial charge in [0.2, 0.25) is 0 Å². The highest BCUT2D eigenvalue weighted by atomic mass is 16.3. The van der Waals surface area contributed by atoms with Crippen molar-refractivity contribution in [1.82, 2.24) is 20.0 Å². The van der Waals surface area contributed by atoms with E-state index >= 15 is 0 Å². The molecule has 0 aromatic carbocycles. The fourth-order valence-corrected chi connectivity index (χ4v) is 4.95. The van der Waals surface area contributed by atoms with Crippen LogP contribution in [-0.2, 0) is 13.1 Å². The SMILES string of the molecule is CC1(C)[C@H]2CC=C(CN3CCCn4nc(C(=O)NCCO)cc4C3)[C@@H]1C2. The maximum atomic E-state index is 12.1. The van der Waals surface area contributed by atoms with Gasteiger partial charge >= 0.3 is 0 Å². The third kappa shape index (κ3) is 3.09. The van der Waals surface area contributed by atoms with Crippen LogP contribution < -0.4 is 5.32 Å². The number of aliphatic hydroxyl groups excluding tert-OH is 1. The average molecular weight is 358 g/mol. The zero-order valence-corrected chi connectivity index (χ0v) is 15.9. The van der Waals surface area contributed by atoms with Crippen molar-refractivity contribution in [2.75, 3.05) is 26.2 Å². The van der Waals surface area contributed by atoms with Gasteiger partial charge in [-0.05, 0) is 42.6 Å². The number of aryl methyl sites for hydroxylation is 1. The number of rotatable bonds is 5. The number of nitrogens with one attached hydrogen (secondary N) is 1. The molecule has 1 aliphatic heterocycles. The molecule has 2 bridgehead atoms. The largest absolute Gasteiger partial charge is 0.395 e. The number of nitrogens with zero attached hydrogens (tertiary/aromatic N) is 3. The highest BCUT2D eigenvalue weighted by Crippen LogP contribution is 2.59. The summed E-state index contributed by atoms with van der Waals surface area (Å²) in [5.74, 6) is 1.42. The molecule has 2 heterocycles. The van der Waals surface area contributed by atoms with Gasteiger partial charge in [0, 0.05) is 32.7 Å². The Kier molecular flexibility index (Phi) is 4.65. The quantitative estimate of drug-likeness (QED) is 0.788. The number of carbonyl (C=O) groups excluding carboxylic acids is 1. The van der Waals surface area contributed by atoms with E-state index in [1.807, 2.05) is 10.7 Å². The molecule has 5 rings (SSSR count). The topological polar surface area (TPSA) is 70.4 Å². The molecule has 0 saturated heterocycles. The fourth-order valence-electron chi connectivity index (χ4n) is 4.95. The molecule has 0 spiro atoms. The Labute approximate surface area is 155 Å². The van der Waals surface area contributed by atoms with Gasteiger partial charge in [-0.25, -0.2) is 0 Å². The summed E-state index contributed by atoms with van der Waals surface area (Å²) in [4.78, 5) is 14.6. The summed E-state index contributed by atoms with van der Waals surface area (Å²) in [6.45, 7) is 8.87. The summed E-state index contributed by atoms with van der Waals surface area (Å²) in [6, 6.07) is 1.91. The summed E-state index contributed by atoms with van der Waals surface area (Å²) < 4.78 is 1.98. The van der Waals surface area contributed by atoms with Gasteiger partial charge in [0.05, 0.1) is 12.3 Å². The van der Waals surface area contributed by atoms with Crippen LogP contribution in [0.25, 0.3) is 0 Å². The number of aliphatic hydroxyl groups is 1. The molecule has 26 heavy (non-hydrogen) atoms. The van der Waals surface area contributed by atoms with Gasteiger partial charge in [-0.2, -0.15) is 5.10 Å². The molecule has 1 fully saturated rings. The van der Waals surface area contributed by atoms with Crippen LogP contribution in [0.15, 0.2) is 17.7 Å². The molecule has 142 valence electrons. The van der Waals surface area contributed by atoms with Gasteiger partial charge in [-0.1, -0.05) is 25.5 Å². The van der Waals surface area contributed by atoms with E-state index in [0.717, 1.165) is 50.1 Å². The molecular formula is C20H30N4O2. The number of hydrogen-bond acceptors (Lipinski definition) is 4. The van der Waals surface area contributed by atoms with Gasteiger partial charge in [0.1, 0.15) is 5.69 Å². The Balaban J connectivity index is 1.44. The molecule has 3 aliphatic carbocycles. The van der Waals surface area contributed by atoms with Crippen LogP contribution in [0.3, 0.4) is 0 Å². The second-order valence-corrected chi connectivity index (χ2v) is 8.61. The van der Waals surface area contributed by atoms with Crippen LogP contribution >= 0.6 is 0 Å². The minimum absolute atomic E-state index is 0.0550. The predicted octanol–water partition coefficient (Wildman–Crippen LogP) is 1.80. The van der Waals surface area contributed by atoms with Crippen LogP contribution in [0.4, 0.5) is 0 Å². The predicted molar refractivity (Wildman–Crippen MR) is 99.6 cm³/mol. The van der Waals surface area contributed by atoms with Crippen molar-refractivity contribution < 1.29 is 9.90 Å². The van der Waals surface area contributed by atoms with E-state index in [0.29, 0.717) is 11.1 Å². The standard InChI is InChI=1S/C20H30N4O2/c1-20(2)15-5-4-14(17(20)10-15)12-23-7-3-8-24-16(13-23)11-18(22-24)19(26)21-6-9-25/h4,11,15,17,25H,3,5-10,12-13H2,1-2H3,(H,21,26)/t15-,17-/m0/s1. The van der Waals surface area contributed by atoms with Crippen LogP contribution in [0.1, 0.15) is 49.3 Å².